The number of fused-ring (bicyclic) bond motifs is 1. The number of esters is 1. The molecule has 2 aliphatic carbocycles. The van der Waals surface area contributed by atoms with E-state index in [0.717, 1.165) is 48.1 Å². The first-order valence-corrected chi connectivity index (χ1v) is 14.6. The summed E-state index contributed by atoms with van der Waals surface area (Å²) in [4.78, 5) is 20.0. The molecule has 1 saturated carbocycles. The number of nitrogens with one attached hydrogen (secondary N) is 1. The molecule has 4 nitrogen and oxygen atoms in total. The van der Waals surface area contributed by atoms with Crippen LogP contribution in [-0.4, -0.2) is 23.0 Å². The summed E-state index contributed by atoms with van der Waals surface area (Å²) in [6, 6.07) is 6.47. The van der Waals surface area contributed by atoms with Crippen LogP contribution >= 0.6 is 0 Å². The largest absolute Gasteiger partial charge is 0.469 e. The van der Waals surface area contributed by atoms with E-state index in [-0.39, 0.29) is 5.97 Å². The molecule has 38 heavy (non-hydrogen) atoms. The molecule has 204 valence electrons. The smallest absolute Gasteiger partial charge is 0.305 e. The lowest BCUT2D eigenvalue weighted by Gasteiger charge is -2.33. The van der Waals surface area contributed by atoms with Gasteiger partial charge in [-0.05, 0) is 107 Å². The molecule has 0 amide bonds. The van der Waals surface area contributed by atoms with E-state index < -0.39 is 0 Å². The number of aromatic amines is 1. The number of aryl methyl sites for hydroxylation is 1. The lowest BCUT2D eigenvalue weighted by Crippen LogP contribution is -2.21. The second-order valence-electron chi connectivity index (χ2n) is 11.5. The number of aromatic nitrogens is 2. The number of hydrogen-bond donors (Lipinski definition) is 1. The van der Waals surface area contributed by atoms with Gasteiger partial charge in [0, 0.05) is 12.0 Å². The van der Waals surface area contributed by atoms with Crippen LogP contribution in [0.5, 0.6) is 0 Å². The topological polar surface area (TPSA) is 55.0 Å². The highest BCUT2D eigenvalue weighted by Crippen LogP contribution is 2.40. The quantitative estimate of drug-likeness (QED) is 0.207. The number of allylic oxidation sites excluding steroid dienone is 7. The molecule has 2 atom stereocenters. The van der Waals surface area contributed by atoms with Crippen LogP contribution < -0.4 is 0 Å². The van der Waals surface area contributed by atoms with Crippen molar-refractivity contribution < 1.29 is 9.53 Å². The van der Waals surface area contributed by atoms with Gasteiger partial charge in [-0.1, -0.05) is 61.4 Å². The Balaban J connectivity index is 1.39. The number of carbonyl (C=O) groups is 1. The van der Waals surface area contributed by atoms with Gasteiger partial charge in [-0.15, -0.1) is 0 Å². The van der Waals surface area contributed by atoms with Gasteiger partial charge in [-0.3, -0.25) is 4.79 Å². The first kappa shape index (κ1) is 28.1. The summed E-state index contributed by atoms with van der Waals surface area (Å²) in [7, 11) is 1.49. The Morgan fingerprint density at radius 3 is 2.61 bits per heavy atom. The fourth-order valence-electron chi connectivity index (χ4n) is 6.44. The zero-order chi connectivity index (χ0) is 27.2. The van der Waals surface area contributed by atoms with E-state index in [4.69, 9.17) is 9.72 Å². The Morgan fingerprint density at radius 2 is 1.97 bits per heavy atom. The van der Waals surface area contributed by atoms with Gasteiger partial charge in [0.05, 0.1) is 18.1 Å². The van der Waals surface area contributed by atoms with Crippen molar-refractivity contribution in [2.75, 3.05) is 7.11 Å². The summed E-state index contributed by atoms with van der Waals surface area (Å²) in [6.45, 7) is 13.1. The maximum atomic E-state index is 11.6. The number of ether oxygens (including phenoxy) is 1. The highest BCUT2D eigenvalue weighted by atomic mass is 16.5. The summed E-state index contributed by atoms with van der Waals surface area (Å²) < 4.78 is 4.87. The highest BCUT2D eigenvalue weighted by molar-refractivity contribution is 5.82. The van der Waals surface area contributed by atoms with Crippen molar-refractivity contribution in [1.29, 1.82) is 0 Å². The number of hydrogen-bond acceptors (Lipinski definition) is 3. The van der Waals surface area contributed by atoms with Gasteiger partial charge >= 0.3 is 5.97 Å². The number of methoxy groups -OCH3 is 1. The van der Waals surface area contributed by atoms with Gasteiger partial charge < -0.3 is 9.72 Å². The minimum absolute atomic E-state index is 0.0573. The van der Waals surface area contributed by atoms with Gasteiger partial charge in [0.25, 0.3) is 0 Å². The molecule has 1 fully saturated rings. The third-order valence-electron chi connectivity index (χ3n) is 9.18. The van der Waals surface area contributed by atoms with Gasteiger partial charge in [-0.25, -0.2) is 4.98 Å². The van der Waals surface area contributed by atoms with Crippen molar-refractivity contribution in [2.45, 2.75) is 85.5 Å². The van der Waals surface area contributed by atoms with Crippen LogP contribution in [0, 0.1) is 23.7 Å². The van der Waals surface area contributed by atoms with E-state index in [2.05, 4.69) is 69.6 Å². The van der Waals surface area contributed by atoms with Gasteiger partial charge in [0.2, 0.25) is 0 Å². The van der Waals surface area contributed by atoms with Crippen molar-refractivity contribution >= 4 is 22.6 Å². The average Bonchev–Trinajstić information content (AvgIpc) is 3.36. The molecule has 1 heterocycles. The maximum Gasteiger partial charge on any atom is 0.305 e. The lowest BCUT2D eigenvalue weighted by molar-refractivity contribution is -0.142. The molecule has 2 unspecified atom stereocenters. The number of benzene rings is 1. The molecule has 0 saturated heterocycles. The van der Waals surface area contributed by atoms with Gasteiger partial charge in [0.1, 0.15) is 5.82 Å². The minimum Gasteiger partial charge on any atom is -0.469 e. The zero-order valence-corrected chi connectivity index (χ0v) is 24.1. The second kappa shape index (κ2) is 12.8. The Morgan fingerprint density at radius 1 is 1.21 bits per heavy atom. The van der Waals surface area contributed by atoms with E-state index in [9.17, 15) is 4.79 Å². The molecular weight excluding hydrogens is 468 g/mol. The molecule has 1 aromatic heterocycles. The molecule has 1 aromatic carbocycles. The van der Waals surface area contributed by atoms with Crippen LogP contribution in [0.25, 0.3) is 16.6 Å². The summed E-state index contributed by atoms with van der Waals surface area (Å²) in [5.74, 6) is 3.01. The number of carbonyl (C=O) groups excluding carboxylic acids is 1. The molecule has 0 bridgehead atoms. The fourth-order valence-corrected chi connectivity index (χ4v) is 6.44. The minimum atomic E-state index is -0.0573. The number of H-pyrrole nitrogens is 1. The highest BCUT2D eigenvalue weighted by Gasteiger charge is 2.27. The molecule has 0 radical (unpaired) electrons. The van der Waals surface area contributed by atoms with E-state index in [1.165, 1.54) is 49.5 Å². The van der Waals surface area contributed by atoms with E-state index in [1.54, 1.807) is 5.57 Å². The molecule has 2 aromatic rings. The van der Waals surface area contributed by atoms with E-state index in [1.807, 2.05) is 6.08 Å². The van der Waals surface area contributed by atoms with Crippen molar-refractivity contribution in [3.8, 4) is 0 Å². The van der Waals surface area contributed by atoms with Crippen LogP contribution in [0.1, 0.15) is 90.4 Å². The number of imidazole rings is 1. The Labute approximate surface area is 229 Å². The second-order valence-corrected chi connectivity index (χ2v) is 11.5. The normalized spacial score (nSPS) is 24.0. The maximum absolute atomic E-state index is 11.6. The number of nitrogens with zero attached hydrogens (tertiary/aromatic N) is 1. The predicted molar refractivity (Wildman–Crippen MR) is 159 cm³/mol. The SMILES string of the molecule is C=CC(=C(C)C(C)/C=C(\C)C1CC=C(C2CCC(CC(=O)OC)CC2)CC1)c1nc2ccc(CC)cc2[nH]1. The van der Waals surface area contributed by atoms with Crippen molar-refractivity contribution in [3.63, 3.8) is 0 Å². The molecule has 2 aliphatic rings. The van der Waals surface area contributed by atoms with E-state index in [0.29, 0.717) is 30.1 Å². The molecule has 4 rings (SSSR count). The summed E-state index contributed by atoms with van der Waals surface area (Å²) in [5, 5.41) is 0. The first-order chi connectivity index (χ1) is 18.3. The van der Waals surface area contributed by atoms with Gasteiger partial charge in [0.15, 0.2) is 0 Å². The molecule has 0 spiro atoms. The van der Waals surface area contributed by atoms with Crippen LogP contribution in [0.2, 0.25) is 0 Å². The van der Waals surface area contributed by atoms with Crippen LogP contribution in [0.15, 0.2) is 59.7 Å². The summed E-state index contributed by atoms with van der Waals surface area (Å²) in [5.41, 5.74) is 8.97. The third-order valence-corrected chi connectivity index (χ3v) is 9.18. The lowest BCUT2D eigenvalue weighted by atomic mass is 9.73. The fraction of sp³-hybridized carbons (Fsp3) is 0.529. The van der Waals surface area contributed by atoms with Crippen LogP contribution in [0.4, 0.5) is 0 Å². The summed E-state index contributed by atoms with van der Waals surface area (Å²) >= 11 is 0. The molecule has 4 heteroatoms. The monoisotopic (exact) mass is 514 g/mol. The number of rotatable bonds is 9. The standard InChI is InChI=1S/C34H46N2O2/c1-7-25-11-18-31-32(20-25)36-34(35-31)30(8-2)24(5)22(3)19-23(4)27-14-16-29(17-15-27)28-12-9-26(10-13-28)21-33(37)38-6/h8,11,16,18-20,22,26-28H,2,7,9-10,12-15,17,21H2,1,3-6H3,(H,35,36)/b23-19+,30-24?. The van der Waals surface area contributed by atoms with E-state index >= 15 is 0 Å². The molecular formula is C34H46N2O2. The first-order valence-electron chi connectivity index (χ1n) is 14.6. The summed E-state index contributed by atoms with van der Waals surface area (Å²) in [6.07, 6.45) is 16.9. The predicted octanol–water partition coefficient (Wildman–Crippen LogP) is 8.76. The average molecular weight is 515 g/mol. The Kier molecular flexibility index (Phi) is 9.46. The van der Waals surface area contributed by atoms with Crippen molar-refractivity contribution in [1.82, 2.24) is 9.97 Å². The van der Waals surface area contributed by atoms with Crippen LogP contribution in [-0.2, 0) is 16.0 Å². The third kappa shape index (κ3) is 6.57. The zero-order valence-electron chi connectivity index (χ0n) is 24.1. The molecule has 0 aliphatic heterocycles. The van der Waals surface area contributed by atoms with Gasteiger partial charge in [-0.2, -0.15) is 0 Å². The van der Waals surface area contributed by atoms with Crippen molar-refractivity contribution in [2.24, 2.45) is 23.7 Å². The molecule has 1 N–H and O–H groups in total. The Hall–Kier alpha value is -2.88. The Bertz CT molecular complexity index is 1240. The van der Waals surface area contributed by atoms with Crippen LogP contribution in [0.3, 0.4) is 0 Å². The van der Waals surface area contributed by atoms with Crippen molar-refractivity contribution in [3.05, 3.63) is 71.1 Å².